The highest BCUT2D eigenvalue weighted by atomic mass is 16.2. The molecule has 2 aromatic carbocycles. The van der Waals surface area contributed by atoms with Crippen LogP contribution in [0.25, 0.3) is 22.2 Å². The summed E-state index contributed by atoms with van der Waals surface area (Å²) in [5.74, 6) is 0.773. The van der Waals surface area contributed by atoms with Gasteiger partial charge in [-0.15, -0.1) is 0 Å². The molecular formula is C24H31N5O. The molecule has 6 nitrogen and oxygen atoms in total. The molecule has 1 fully saturated rings. The second kappa shape index (κ2) is 9.41. The molecule has 6 heteroatoms. The summed E-state index contributed by atoms with van der Waals surface area (Å²) in [4.78, 5) is 18.1. The Hall–Kier alpha value is -2.70. The molecule has 0 bridgehead atoms. The van der Waals surface area contributed by atoms with E-state index in [1.54, 1.807) is 6.92 Å². The van der Waals surface area contributed by atoms with Gasteiger partial charge in [0.1, 0.15) is 0 Å². The molecule has 4 rings (SSSR count). The zero-order chi connectivity index (χ0) is 20.9. The van der Waals surface area contributed by atoms with Crippen LogP contribution in [0, 0.1) is 5.92 Å². The fourth-order valence-electron chi connectivity index (χ4n) is 4.24. The number of hydrogen-bond acceptors (Lipinski definition) is 4. The lowest BCUT2D eigenvalue weighted by Gasteiger charge is -2.31. The van der Waals surface area contributed by atoms with E-state index in [4.69, 9.17) is 5.73 Å². The highest BCUT2D eigenvalue weighted by Gasteiger charge is 2.21. The quantitative estimate of drug-likeness (QED) is 0.593. The first-order valence-electron chi connectivity index (χ1n) is 10.8. The maximum Gasteiger partial charge on any atom is 0.219 e. The van der Waals surface area contributed by atoms with Crippen LogP contribution >= 0.6 is 0 Å². The van der Waals surface area contributed by atoms with E-state index in [1.807, 2.05) is 11.2 Å². The molecule has 1 amide bonds. The second-order valence-corrected chi connectivity index (χ2v) is 8.21. The molecule has 0 saturated carbocycles. The Labute approximate surface area is 178 Å². The van der Waals surface area contributed by atoms with E-state index in [-0.39, 0.29) is 5.91 Å². The predicted molar refractivity (Wildman–Crippen MR) is 121 cm³/mol. The van der Waals surface area contributed by atoms with Crippen LogP contribution in [-0.2, 0) is 17.9 Å². The largest absolute Gasteiger partial charge is 0.343 e. The summed E-state index contributed by atoms with van der Waals surface area (Å²) in [5.41, 5.74) is 11.4. The van der Waals surface area contributed by atoms with E-state index in [1.165, 1.54) is 22.2 Å². The van der Waals surface area contributed by atoms with E-state index in [0.717, 1.165) is 51.1 Å². The standard InChI is InChI=1S/C24H31N5O/c1-18(30)28-12-8-20(9-13-28)16-29-17-27-23-7-6-22(14-24(23)29)21-4-2-19(3-5-21)15-26-11-10-25/h2-7,14,17,20,26H,8-13,15-16,25H2,1H3. The summed E-state index contributed by atoms with van der Waals surface area (Å²) in [6.45, 7) is 6.67. The Morgan fingerprint density at radius 3 is 2.57 bits per heavy atom. The molecular weight excluding hydrogens is 374 g/mol. The van der Waals surface area contributed by atoms with Gasteiger partial charge >= 0.3 is 0 Å². The number of benzene rings is 2. The van der Waals surface area contributed by atoms with E-state index in [0.29, 0.717) is 12.5 Å². The van der Waals surface area contributed by atoms with Crippen LogP contribution in [0.15, 0.2) is 48.8 Å². The number of carbonyl (C=O) groups excluding carboxylic acids is 1. The minimum Gasteiger partial charge on any atom is -0.343 e. The van der Waals surface area contributed by atoms with Crippen LogP contribution < -0.4 is 11.1 Å². The number of imidazole rings is 1. The number of fused-ring (bicyclic) bond motifs is 1. The Bertz CT molecular complexity index is 987. The molecule has 1 aliphatic rings. The van der Waals surface area contributed by atoms with Crippen LogP contribution in [0.1, 0.15) is 25.3 Å². The van der Waals surface area contributed by atoms with Crippen LogP contribution in [-0.4, -0.2) is 46.5 Å². The first kappa shape index (κ1) is 20.6. The van der Waals surface area contributed by atoms with Crippen molar-refractivity contribution in [2.24, 2.45) is 11.7 Å². The fourth-order valence-corrected chi connectivity index (χ4v) is 4.24. The van der Waals surface area contributed by atoms with Gasteiger partial charge in [-0.1, -0.05) is 30.3 Å². The maximum atomic E-state index is 11.6. The van der Waals surface area contributed by atoms with Gasteiger partial charge in [0.25, 0.3) is 0 Å². The van der Waals surface area contributed by atoms with Crippen molar-refractivity contribution in [1.29, 1.82) is 0 Å². The number of nitrogens with two attached hydrogens (primary N) is 1. The van der Waals surface area contributed by atoms with Gasteiger partial charge in [0, 0.05) is 46.2 Å². The van der Waals surface area contributed by atoms with Crippen molar-refractivity contribution < 1.29 is 4.79 Å². The Morgan fingerprint density at radius 1 is 1.13 bits per heavy atom. The van der Waals surface area contributed by atoms with Crippen LogP contribution in [0.2, 0.25) is 0 Å². The van der Waals surface area contributed by atoms with Crippen molar-refractivity contribution in [2.45, 2.75) is 32.9 Å². The number of likely N-dealkylation sites (tertiary alicyclic amines) is 1. The minimum atomic E-state index is 0.187. The van der Waals surface area contributed by atoms with Gasteiger partial charge in [-0.2, -0.15) is 0 Å². The number of piperidine rings is 1. The molecule has 158 valence electrons. The van der Waals surface area contributed by atoms with Gasteiger partial charge in [0.15, 0.2) is 0 Å². The van der Waals surface area contributed by atoms with Gasteiger partial charge in [-0.05, 0) is 47.6 Å². The molecule has 1 aliphatic heterocycles. The Balaban J connectivity index is 1.47. The zero-order valence-electron chi connectivity index (χ0n) is 17.7. The molecule has 0 radical (unpaired) electrons. The number of rotatable bonds is 7. The van der Waals surface area contributed by atoms with Crippen molar-refractivity contribution in [3.8, 4) is 11.1 Å². The van der Waals surface area contributed by atoms with E-state index in [2.05, 4.69) is 57.3 Å². The van der Waals surface area contributed by atoms with Gasteiger partial charge in [-0.25, -0.2) is 4.98 Å². The number of hydrogen-bond donors (Lipinski definition) is 2. The van der Waals surface area contributed by atoms with Crippen molar-refractivity contribution in [3.05, 3.63) is 54.4 Å². The van der Waals surface area contributed by atoms with Crippen molar-refractivity contribution in [3.63, 3.8) is 0 Å². The molecule has 30 heavy (non-hydrogen) atoms. The minimum absolute atomic E-state index is 0.187. The van der Waals surface area contributed by atoms with Gasteiger partial charge in [0.2, 0.25) is 5.91 Å². The van der Waals surface area contributed by atoms with E-state index in [9.17, 15) is 4.79 Å². The average Bonchev–Trinajstić information content (AvgIpc) is 3.17. The number of aromatic nitrogens is 2. The van der Waals surface area contributed by atoms with Crippen LogP contribution in [0.3, 0.4) is 0 Å². The predicted octanol–water partition coefficient (Wildman–Crippen LogP) is 3.01. The van der Waals surface area contributed by atoms with Crippen LogP contribution in [0.4, 0.5) is 0 Å². The Morgan fingerprint density at radius 2 is 1.87 bits per heavy atom. The van der Waals surface area contributed by atoms with Gasteiger partial charge in [0.05, 0.1) is 17.4 Å². The van der Waals surface area contributed by atoms with E-state index >= 15 is 0 Å². The third kappa shape index (κ3) is 4.71. The number of nitrogens with zero attached hydrogens (tertiary/aromatic N) is 3. The maximum absolute atomic E-state index is 11.6. The lowest BCUT2D eigenvalue weighted by molar-refractivity contribution is -0.130. The third-order valence-electron chi connectivity index (χ3n) is 6.07. The lowest BCUT2D eigenvalue weighted by atomic mass is 9.96. The van der Waals surface area contributed by atoms with Crippen molar-refractivity contribution >= 4 is 16.9 Å². The first-order chi connectivity index (χ1) is 14.6. The molecule has 0 unspecified atom stereocenters. The summed E-state index contributed by atoms with van der Waals surface area (Å²) in [5, 5.41) is 3.33. The molecule has 0 spiro atoms. The van der Waals surface area contributed by atoms with E-state index < -0.39 is 0 Å². The highest BCUT2D eigenvalue weighted by molar-refractivity contribution is 5.82. The topological polar surface area (TPSA) is 76.2 Å². The summed E-state index contributed by atoms with van der Waals surface area (Å²) >= 11 is 0. The first-order valence-corrected chi connectivity index (χ1v) is 10.8. The van der Waals surface area contributed by atoms with Crippen molar-refractivity contribution in [2.75, 3.05) is 26.2 Å². The number of nitrogens with one attached hydrogen (secondary N) is 1. The molecule has 0 atom stereocenters. The molecule has 0 aliphatic carbocycles. The number of amides is 1. The van der Waals surface area contributed by atoms with Crippen LogP contribution in [0.5, 0.6) is 0 Å². The average molecular weight is 406 g/mol. The highest BCUT2D eigenvalue weighted by Crippen LogP contribution is 2.26. The van der Waals surface area contributed by atoms with Crippen molar-refractivity contribution in [1.82, 2.24) is 19.8 Å². The fraction of sp³-hybridized carbons (Fsp3) is 0.417. The molecule has 1 saturated heterocycles. The normalized spacial score (nSPS) is 15.1. The lowest BCUT2D eigenvalue weighted by Crippen LogP contribution is -2.37. The summed E-state index contributed by atoms with van der Waals surface area (Å²) in [6, 6.07) is 15.2. The number of carbonyl (C=O) groups is 1. The Kier molecular flexibility index (Phi) is 6.45. The van der Waals surface area contributed by atoms with Gasteiger partial charge in [-0.3, -0.25) is 4.79 Å². The SMILES string of the molecule is CC(=O)N1CCC(Cn2cnc3ccc(-c4ccc(CNCCN)cc4)cc32)CC1. The monoisotopic (exact) mass is 405 g/mol. The molecule has 3 aromatic rings. The second-order valence-electron chi connectivity index (χ2n) is 8.21. The smallest absolute Gasteiger partial charge is 0.219 e. The molecule has 2 heterocycles. The third-order valence-corrected chi connectivity index (χ3v) is 6.07. The van der Waals surface area contributed by atoms with Gasteiger partial charge < -0.3 is 20.5 Å². The molecule has 1 aromatic heterocycles. The summed E-state index contributed by atoms with van der Waals surface area (Å²) < 4.78 is 2.28. The zero-order valence-corrected chi connectivity index (χ0v) is 17.7. The summed E-state index contributed by atoms with van der Waals surface area (Å²) in [7, 11) is 0. The molecule has 3 N–H and O–H groups in total. The summed E-state index contributed by atoms with van der Waals surface area (Å²) in [6.07, 6.45) is 4.06.